The molecule has 1 atom stereocenters. The lowest BCUT2D eigenvalue weighted by molar-refractivity contribution is -0.130. The number of fused-ring (bicyclic) bond motifs is 1. The summed E-state index contributed by atoms with van der Waals surface area (Å²) in [5, 5.41) is 0. The predicted molar refractivity (Wildman–Crippen MR) is 68.0 cm³/mol. The van der Waals surface area contributed by atoms with Gasteiger partial charge >= 0.3 is 0 Å². The molecule has 0 saturated carbocycles. The average Bonchev–Trinajstić information content (AvgIpc) is 2.86. The van der Waals surface area contributed by atoms with Gasteiger partial charge in [-0.15, -0.1) is 0 Å². The Hall–Kier alpha value is -2.10. The molecule has 92 valence electrons. The van der Waals surface area contributed by atoms with Crippen LogP contribution in [0.25, 0.3) is 0 Å². The molecule has 1 amide bonds. The molecule has 0 fully saturated rings. The van der Waals surface area contributed by atoms with E-state index in [2.05, 4.69) is 9.97 Å². The van der Waals surface area contributed by atoms with E-state index in [1.54, 1.807) is 13.3 Å². The number of nitrogens with one attached hydrogen (secondary N) is 1. The van der Waals surface area contributed by atoms with Crippen molar-refractivity contribution in [2.75, 3.05) is 6.54 Å². The number of hydrogen-bond donors (Lipinski definition) is 1. The highest BCUT2D eigenvalue weighted by molar-refractivity contribution is 5.74. The van der Waals surface area contributed by atoms with Crippen LogP contribution in [0.15, 0.2) is 36.7 Å². The van der Waals surface area contributed by atoms with Crippen molar-refractivity contribution in [2.24, 2.45) is 0 Å². The Labute approximate surface area is 106 Å². The average molecular weight is 241 g/mol. The molecule has 1 aliphatic rings. The third kappa shape index (κ3) is 1.70. The number of aromatic nitrogens is 2. The SMILES string of the molecule is CC(=O)N1CCc2[nH]cnc2C1c1ccccc1. The minimum absolute atomic E-state index is 0.0568. The molecule has 3 rings (SSSR count). The maximum absolute atomic E-state index is 11.8. The van der Waals surface area contributed by atoms with Crippen LogP contribution in [0, 0.1) is 0 Å². The van der Waals surface area contributed by atoms with E-state index < -0.39 is 0 Å². The number of benzene rings is 1. The summed E-state index contributed by atoms with van der Waals surface area (Å²) in [6.45, 7) is 2.36. The van der Waals surface area contributed by atoms with Gasteiger partial charge in [-0.1, -0.05) is 30.3 Å². The van der Waals surface area contributed by atoms with Crippen molar-refractivity contribution >= 4 is 5.91 Å². The minimum Gasteiger partial charge on any atom is -0.348 e. The van der Waals surface area contributed by atoms with E-state index in [0.29, 0.717) is 0 Å². The maximum Gasteiger partial charge on any atom is 0.220 e. The first-order chi connectivity index (χ1) is 8.77. The molecular weight excluding hydrogens is 226 g/mol. The van der Waals surface area contributed by atoms with Crippen LogP contribution in [0.4, 0.5) is 0 Å². The molecule has 2 aromatic rings. The molecule has 1 aliphatic heterocycles. The fraction of sp³-hybridized carbons (Fsp3) is 0.286. The number of imidazole rings is 1. The number of amides is 1. The zero-order chi connectivity index (χ0) is 12.5. The summed E-state index contributed by atoms with van der Waals surface area (Å²) < 4.78 is 0. The van der Waals surface area contributed by atoms with Crippen LogP contribution in [-0.2, 0) is 11.2 Å². The quantitative estimate of drug-likeness (QED) is 0.829. The van der Waals surface area contributed by atoms with Gasteiger partial charge in [0.05, 0.1) is 12.0 Å². The van der Waals surface area contributed by atoms with E-state index in [4.69, 9.17) is 0 Å². The summed E-state index contributed by atoms with van der Waals surface area (Å²) in [7, 11) is 0. The van der Waals surface area contributed by atoms with Gasteiger partial charge in [0.25, 0.3) is 0 Å². The molecule has 0 spiro atoms. The first-order valence-corrected chi connectivity index (χ1v) is 6.11. The number of nitrogens with zero attached hydrogens (tertiary/aromatic N) is 2. The van der Waals surface area contributed by atoms with Gasteiger partial charge in [-0.25, -0.2) is 4.98 Å². The van der Waals surface area contributed by atoms with Crippen LogP contribution in [0.3, 0.4) is 0 Å². The van der Waals surface area contributed by atoms with Crippen molar-refractivity contribution in [3.8, 4) is 0 Å². The van der Waals surface area contributed by atoms with E-state index in [1.165, 1.54) is 0 Å². The molecule has 1 aromatic heterocycles. The van der Waals surface area contributed by atoms with Crippen LogP contribution < -0.4 is 0 Å². The van der Waals surface area contributed by atoms with Gasteiger partial charge in [0.15, 0.2) is 0 Å². The highest BCUT2D eigenvalue weighted by Crippen LogP contribution is 2.32. The first-order valence-electron chi connectivity index (χ1n) is 6.11. The Bertz CT molecular complexity index is 561. The fourth-order valence-corrected chi connectivity index (χ4v) is 2.59. The third-order valence-electron chi connectivity index (χ3n) is 3.44. The third-order valence-corrected chi connectivity index (χ3v) is 3.44. The van der Waals surface area contributed by atoms with Gasteiger partial charge < -0.3 is 9.88 Å². The van der Waals surface area contributed by atoms with Crippen molar-refractivity contribution in [1.29, 1.82) is 0 Å². The second kappa shape index (κ2) is 4.29. The van der Waals surface area contributed by atoms with Gasteiger partial charge in [-0.05, 0) is 5.56 Å². The zero-order valence-electron chi connectivity index (χ0n) is 10.3. The van der Waals surface area contributed by atoms with Gasteiger partial charge in [0.1, 0.15) is 6.04 Å². The standard InChI is InChI=1S/C14H15N3O/c1-10(18)17-8-7-12-13(16-9-15-12)14(17)11-5-3-2-4-6-11/h2-6,9,14H,7-8H2,1H3,(H,15,16). The van der Waals surface area contributed by atoms with E-state index in [9.17, 15) is 4.79 Å². The summed E-state index contributed by atoms with van der Waals surface area (Å²) in [6.07, 6.45) is 2.56. The molecule has 1 aromatic carbocycles. The Morgan fingerprint density at radius 2 is 2.17 bits per heavy atom. The second-order valence-electron chi connectivity index (χ2n) is 4.54. The molecule has 1 unspecified atom stereocenters. The summed E-state index contributed by atoms with van der Waals surface area (Å²) in [4.78, 5) is 21.3. The van der Waals surface area contributed by atoms with Crippen molar-refractivity contribution in [1.82, 2.24) is 14.9 Å². The predicted octanol–water partition coefficient (Wildman–Crippen LogP) is 1.90. The lowest BCUT2D eigenvalue weighted by Gasteiger charge is -2.34. The lowest BCUT2D eigenvalue weighted by Crippen LogP contribution is -2.39. The zero-order valence-corrected chi connectivity index (χ0v) is 10.3. The van der Waals surface area contributed by atoms with E-state index >= 15 is 0 Å². The highest BCUT2D eigenvalue weighted by atomic mass is 16.2. The van der Waals surface area contributed by atoms with Gasteiger partial charge in [0, 0.05) is 25.6 Å². The van der Waals surface area contributed by atoms with Crippen molar-refractivity contribution in [2.45, 2.75) is 19.4 Å². The second-order valence-corrected chi connectivity index (χ2v) is 4.54. The normalized spacial score (nSPS) is 18.5. The molecule has 2 heterocycles. The topological polar surface area (TPSA) is 49.0 Å². The van der Waals surface area contributed by atoms with Crippen LogP contribution in [0.1, 0.15) is 29.9 Å². The molecule has 0 aliphatic carbocycles. The molecule has 1 N–H and O–H groups in total. The van der Waals surface area contributed by atoms with Gasteiger partial charge in [-0.3, -0.25) is 4.79 Å². The molecule has 4 heteroatoms. The molecule has 4 nitrogen and oxygen atoms in total. The van der Waals surface area contributed by atoms with Gasteiger partial charge in [0.2, 0.25) is 5.91 Å². The Morgan fingerprint density at radius 1 is 1.39 bits per heavy atom. The first kappa shape index (κ1) is 11.0. The minimum atomic E-state index is -0.0568. The molecule has 0 radical (unpaired) electrons. The van der Waals surface area contributed by atoms with Crippen LogP contribution in [0.2, 0.25) is 0 Å². The summed E-state index contributed by atoms with van der Waals surface area (Å²) in [5.74, 6) is 0.0949. The number of hydrogen-bond acceptors (Lipinski definition) is 2. The summed E-state index contributed by atoms with van der Waals surface area (Å²) in [6, 6.07) is 10.0. The number of aromatic amines is 1. The largest absolute Gasteiger partial charge is 0.348 e. The summed E-state index contributed by atoms with van der Waals surface area (Å²) in [5.41, 5.74) is 3.23. The van der Waals surface area contributed by atoms with E-state index in [0.717, 1.165) is 29.9 Å². The smallest absolute Gasteiger partial charge is 0.220 e. The Morgan fingerprint density at radius 3 is 2.89 bits per heavy atom. The summed E-state index contributed by atoms with van der Waals surface area (Å²) >= 11 is 0. The van der Waals surface area contributed by atoms with Crippen molar-refractivity contribution in [3.05, 3.63) is 53.6 Å². The molecule has 0 bridgehead atoms. The molecule has 0 saturated heterocycles. The van der Waals surface area contributed by atoms with Crippen molar-refractivity contribution < 1.29 is 4.79 Å². The number of carbonyl (C=O) groups is 1. The van der Waals surface area contributed by atoms with E-state index in [-0.39, 0.29) is 11.9 Å². The number of rotatable bonds is 1. The van der Waals surface area contributed by atoms with Gasteiger partial charge in [-0.2, -0.15) is 0 Å². The monoisotopic (exact) mass is 241 g/mol. The van der Waals surface area contributed by atoms with Crippen LogP contribution in [-0.4, -0.2) is 27.3 Å². The Kier molecular flexibility index (Phi) is 2.63. The maximum atomic E-state index is 11.8. The fourth-order valence-electron chi connectivity index (χ4n) is 2.59. The Balaban J connectivity index is 2.10. The highest BCUT2D eigenvalue weighted by Gasteiger charge is 2.32. The number of H-pyrrole nitrogens is 1. The number of carbonyl (C=O) groups excluding carboxylic acids is 1. The lowest BCUT2D eigenvalue weighted by atomic mass is 9.96. The molecular formula is C14H15N3O. The molecule has 18 heavy (non-hydrogen) atoms. The van der Waals surface area contributed by atoms with Crippen LogP contribution >= 0.6 is 0 Å². The van der Waals surface area contributed by atoms with Crippen LogP contribution in [0.5, 0.6) is 0 Å². The van der Waals surface area contributed by atoms with E-state index in [1.807, 2.05) is 35.2 Å². The van der Waals surface area contributed by atoms with Crippen molar-refractivity contribution in [3.63, 3.8) is 0 Å².